The summed E-state index contributed by atoms with van der Waals surface area (Å²) in [6.07, 6.45) is 0. The summed E-state index contributed by atoms with van der Waals surface area (Å²) >= 11 is 14.3. The Balaban J connectivity index is 2.12. The number of hydrogen-bond acceptors (Lipinski definition) is 2. The molecule has 0 fully saturated rings. The number of thioether (sulfide) groups is 1. The van der Waals surface area contributed by atoms with Crippen LogP contribution in [-0.4, -0.2) is 9.78 Å². The van der Waals surface area contributed by atoms with Gasteiger partial charge in [0.25, 0.3) is 0 Å². The van der Waals surface area contributed by atoms with Crippen LogP contribution in [0.3, 0.4) is 0 Å². The van der Waals surface area contributed by atoms with Gasteiger partial charge in [-0.05, 0) is 24.6 Å². The summed E-state index contributed by atoms with van der Waals surface area (Å²) in [5, 5.41) is 5.99. The fourth-order valence-corrected chi connectivity index (χ4v) is 3.47. The van der Waals surface area contributed by atoms with E-state index in [2.05, 4.69) is 5.10 Å². The Morgan fingerprint density at radius 2 is 2.12 bits per heavy atom. The number of aryl methyl sites for hydroxylation is 1. The Hall–Kier alpha value is -0.640. The van der Waals surface area contributed by atoms with Gasteiger partial charge < -0.3 is 0 Å². The third-order valence-corrected chi connectivity index (χ3v) is 4.65. The summed E-state index contributed by atoms with van der Waals surface area (Å²) in [4.78, 5) is 0. The second-order valence-electron chi connectivity index (χ2n) is 4.05. The molecule has 1 aromatic heterocycles. The van der Waals surface area contributed by atoms with Crippen LogP contribution >= 0.6 is 35.0 Å². The van der Waals surface area contributed by atoms with Gasteiger partial charge in [0.05, 0.1) is 11.4 Å². The van der Waals surface area contributed by atoms with Crippen molar-refractivity contribution in [3.8, 4) is 5.69 Å². The fourth-order valence-electron chi connectivity index (χ4n) is 1.87. The number of hydrogen-bond donors (Lipinski definition) is 0. The molecule has 0 radical (unpaired) electrons. The van der Waals surface area contributed by atoms with E-state index in [0.29, 0.717) is 5.15 Å². The molecule has 2 nitrogen and oxygen atoms in total. The second-order valence-corrected chi connectivity index (χ2v) is 5.80. The Labute approximate surface area is 114 Å². The SMILES string of the molecule is Cc1ccc(-n2nc3c(c2Cl)CSC3)cc1Cl. The molecule has 1 aliphatic heterocycles. The van der Waals surface area contributed by atoms with E-state index in [9.17, 15) is 0 Å². The average Bonchev–Trinajstić information content (AvgIpc) is 2.86. The summed E-state index contributed by atoms with van der Waals surface area (Å²) in [6.45, 7) is 1.98. The Bertz CT molecular complexity index is 592. The number of benzene rings is 1. The van der Waals surface area contributed by atoms with Crippen molar-refractivity contribution in [2.45, 2.75) is 18.4 Å². The first-order valence-corrected chi connectivity index (χ1v) is 7.18. The molecule has 0 N–H and O–H groups in total. The molecular weight excluding hydrogens is 275 g/mol. The van der Waals surface area contributed by atoms with Gasteiger partial charge in [0.2, 0.25) is 0 Å². The van der Waals surface area contributed by atoms with Crippen molar-refractivity contribution < 1.29 is 0 Å². The minimum atomic E-state index is 0.713. The van der Waals surface area contributed by atoms with Crippen molar-refractivity contribution in [3.05, 3.63) is 45.2 Å². The van der Waals surface area contributed by atoms with Crippen LogP contribution < -0.4 is 0 Å². The van der Waals surface area contributed by atoms with Crippen LogP contribution in [0.4, 0.5) is 0 Å². The van der Waals surface area contributed by atoms with Gasteiger partial charge in [0, 0.05) is 22.1 Å². The first kappa shape index (κ1) is 11.5. The van der Waals surface area contributed by atoms with Crippen molar-refractivity contribution in [2.24, 2.45) is 0 Å². The van der Waals surface area contributed by atoms with E-state index >= 15 is 0 Å². The number of aromatic nitrogens is 2. The van der Waals surface area contributed by atoms with Crippen molar-refractivity contribution in [1.29, 1.82) is 0 Å². The molecule has 0 spiro atoms. The smallest absolute Gasteiger partial charge is 0.137 e. The third-order valence-electron chi connectivity index (χ3n) is 2.89. The van der Waals surface area contributed by atoms with E-state index in [0.717, 1.165) is 39.0 Å². The van der Waals surface area contributed by atoms with E-state index in [1.54, 1.807) is 4.68 Å². The summed E-state index contributed by atoms with van der Waals surface area (Å²) in [6, 6.07) is 5.87. The maximum Gasteiger partial charge on any atom is 0.137 e. The van der Waals surface area contributed by atoms with Crippen LogP contribution in [-0.2, 0) is 11.5 Å². The molecule has 2 aromatic rings. The molecule has 0 amide bonds. The van der Waals surface area contributed by atoms with E-state index in [1.165, 1.54) is 0 Å². The molecule has 17 heavy (non-hydrogen) atoms. The molecule has 0 saturated heterocycles. The largest absolute Gasteiger partial charge is 0.222 e. The first-order valence-electron chi connectivity index (χ1n) is 5.27. The molecule has 1 aromatic carbocycles. The average molecular weight is 285 g/mol. The molecule has 0 saturated carbocycles. The molecule has 0 aliphatic carbocycles. The lowest BCUT2D eigenvalue weighted by molar-refractivity contribution is 0.860. The third kappa shape index (κ3) is 1.86. The zero-order valence-corrected chi connectivity index (χ0v) is 11.5. The Kier molecular flexibility index (Phi) is 2.85. The van der Waals surface area contributed by atoms with Crippen molar-refractivity contribution >= 4 is 35.0 Å². The maximum atomic E-state index is 6.34. The number of rotatable bonds is 1. The molecule has 0 bridgehead atoms. The van der Waals surface area contributed by atoms with Crippen LogP contribution in [0.1, 0.15) is 16.8 Å². The lowest BCUT2D eigenvalue weighted by atomic mass is 10.2. The number of fused-ring (bicyclic) bond motifs is 1. The van der Waals surface area contributed by atoms with Gasteiger partial charge in [-0.25, -0.2) is 4.68 Å². The highest BCUT2D eigenvalue weighted by atomic mass is 35.5. The maximum absolute atomic E-state index is 6.34. The van der Waals surface area contributed by atoms with Gasteiger partial charge in [-0.2, -0.15) is 16.9 Å². The fraction of sp³-hybridized carbons (Fsp3) is 0.250. The standard InChI is InChI=1S/C12H10Cl2N2S/c1-7-2-3-8(4-10(7)13)16-12(14)9-5-17-6-11(9)15-16/h2-4H,5-6H2,1H3. The topological polar surface area (TPSA) is 17.8 Å². The van der Waals surface area contributed by atoms with E-state index in [-0.39, 0.29) is 0 Å². The molecule has 3 rings (SSSR count). The zero-order chi connectivity index (χ0) is 12.0. The lowest BCUT2D eigenvalue weighted by Crippen LogP contribution is -1.98. The van der Waals surface area contributed by atoms with Crippen molar-refractivity contribution in [1.82, 2.24) is 9.78 Å². The summed E-state index contributed by atoms with van der Waals surface area (Å²) in [5.41, 5.74) is 4.23. The van der Waals surface area contributed by atoms with E-state index in [1.807, 2.05) is 36.9 Å². The minimum absolute atomic E-state index is 0.713. The quantitative estimate of drug-likeness (QED) is 0.780. The highest BCUT2D eigenvalue weighted by Crippen LogP contribution is 2.35. The van der Waals surface area contributed by atoms with E-state index in [4.69, 9.17) is 23.2 Å². The van der Waals surface area contributed by atoms with Crippen molar-refractivity contribution in [2.75, 3.05) is 0 Å². The summed E-state index contributed by atoms with van der Waals surface area (Å²) in [5.74, 6) is 1.90. The minimum Gasteiger partial charge on any atom is -0.222 e. The van der Waals surface area contributed by atoms with Crippen LogP contribution in [0, 0.1) is 6.92 Å². The number of nitrogens with zero attached hydrogens (tertiary/aromatic N) is 2. The molecule has 5 heteroatoms. The normalized spacial score (nSPS) is 14.1. The van der Waals surface area contributed by atoms with Crippen LogP contribution in [0.15, 0.2) is 18.2 Å². The highest BCUT2D eigenvalue weighted by Gasteiger charge is 2.22. The zero-order valence-electron chi connectivity index (χ0n) is 9.20. The Morgan fingerprint density at radius 1 is 1.29 bits per heavy atom. The van der Waals surface area contributed by atoms with Gasteiger partial charge in [0.1, 0.15) is 5.15 Å². The summed E-state index contributed by atoms with van der Waals surface area (Å²) < 4.78 is 1.78. The predicted octanol–water partition coefficient (Wildman–Crippen LogP) is 4.23. The van der Waals surface area contributed by atoms with Gasteiger partial charge in [-0.1, -0.05) is 29.3 Å². The molecule has 1 aliphatic rings. The van der Waals surface area contributed by atoms with Crippen molar-refractivity contribution in [3.63, 3.8) is 0 Å². The Morgan fingerprint density at radius 3 is 2.82 bits per heavy atom. The summed E-state index contributed by atoms with van der Waals surface area (Å²) in [7, 11) is 0. The van der Waals surface area contributed by atoms with Gasteiger partial charge >= 0.3 is 0 Å². The molecular formula is C12H10Cl2N2S. The van der Waals surface area contributed by atoms with Gasteiger partial charge in [-0.15, -0.1) is 0 Å². The first-order chi connectivity index (χ1) is 8.16. The van der Waals surface area contributed by atoms with Crippen LogP contribution in [0.5, 0.6) is 0 Å². The van der Waals surface area contributed by atoms with Crippen LogP contribution in [0.25, 0.3) is 5.69 Å². The second kappa shape index (κ2) is 4.23. The molecule has 88 valence electrons. The predicted molar refractivity (Wildman–Crippen MR) is 73.3 cm³/mol. The van der Waals surface area contributed by atoms with Crippen LogP contribution in [0.2, 0.25) is 10.2 Å². The van der Waals surface area contributed by atoms with E-state index < -0.39 is 0 Å². The molecule has 0 unspecified atom stereocenters. The highest BCUT2D eigenvalue weighted by molar-refractivity contribution is 7.98. The molecule has 2 heterocycles. The monoisotopic (exact) mass is 284 g/mol. The molecule has 0 atom stereocenters. The van der Waals surface area contributed by atoms with Gasteiger partial charge in [0.15, 0.2) is 0 Å². The lowest BCUT2D eigenvalue weighted by Gasteiger charge is -2.06. The van der Waals surface area contributed by atoms with Gasteiger partial charge in [-0.3, -0.25) is 0 Å². The number of halogens is 2.